The lowest BCUT2D eigenvalue weighted by molar-refractivity contribution is 0.306. The van der Waals surface area contributed by atoms with Gasteiger partial charge in [-0.25, -0.2) is 0 Å². The van der Waals surface area contributed by atoms with Crippen molar-refractivity contribution in [3.63, 3.8) is 0 Å². The Morgan fingerprint density at radius 2 is 1.60 bits per heavy atom. The number of benzene rings is 2. The highest BCUT2D eigenvalue weighted by atomic mass is 16.5. The van der Waals surface area contributed by atoms with Gasteiger partial charge in [-0.1, -0.05) is 56.3 Å². The van der Waals surface area contributed by atoms with E-state index in [1.54, 1.807) is 0 Å². The van der Waals surface area contributed by atoms with Crippen molar-refractivity contribution < 1.29 is 4.74 Å². The Morgan fingerprint density at radius 1 is 0.950 bits per heavy atom. The summed E-state index contributed by atoms with van der Waals surface area (Å²) in [6.45, 7) is 5.06. The molecule has 1 N–H and O–H groups in total. The molecule has 0 aliphatic carbocycles. The Hall–Kier alpha value is -1.80. The third kappa shape index (κ3) is 3.84. The number of hydrogen-bond acceptors (Lipinski definition) is 2. The second kappa shape index (κ2) is 7.11. The van der Waals surface area contributed by atoms with E-state index in [2.05, 4.69) is 43.4 Å². The van der Waals surface area contributed by atoms with Crippen LogP contribution in [0.3, 0.4) is 0 Å². The maximum Gasteiger partial charge on any atom is 0.119 e. The van der Waals surface area contributed by atoms with Crippen LogP contribution in [0.5, 0.6) is 5.75 Å². The Bertz CT molecular complexity index is 505. The maximum absolute atomic E-state index is 5.80. The molecule has 1 atom stereocenters. The average Bonchev–Trinajstić information content (AvgIpc) is 2.48. The SMILES string of the molecule is CN[C@@H](c1ccc(OCc2ccccc2)cc1)C(C)C. The summed E-state index contributed by atoms with van der Waals surface area (Å²) in [5.74, 6) is 1.48. The topological polar surface area (TPSA) is 21.3 Å². The third-order valence-electron chi connectivity index (χ3n) is 3.47. The van der Waals surface area contributed by atoms with Gasteiger partial charge in [-0.2, -0.15) is 0 Å². The van der Waals surface area contributed by atoms with Gasteiger partial charge in [-0.3, -0.25) is 0 Å². The quantitative estimate of drug-likeness (QED) is 0.849. The fraction of sp³-hybridized carbons (Fsp3) is 0.333. The van der Waals surface area contributed by atoms with Gasteiger partial charge in [0.1, 0.15) is 12.4 Å². The summed E-state index contributed by atoms with van der Waals surface area (Å²) in [6, 6.07) is 19.0. The summed E-state index contributed by atoms with van der Waals surface area (Å²) in [7, 11) is 2.00. The Kier molecular flexibility index (Phi) is 5.19. The van der Waals surface area contributed by atoms with E-state index in [0.29, 0.717) is 18.6 Å². The molecule has 2 aromatic rings. The van der Waals surface area contributed by atoms with Gasteiger partial charge < -0.3 is 10.1 Å². The lowest BCUT2D eigenvalue weighted by atomic mass is 9.96. The Balaban J connectivity index is 1.98. The van der Waals surface area contributed by atoms with Crippen molar-refractivity contribution >= 4 is 0 Å². The van der Waals surface area contributed by atoms with Crippen LogP contribution in [-0.4, -0.2) is 7.05 Å². The first kappa shape index (κ1) is 14.6. The molecule has 0 amide bonds. The molecule has 0 aromatic heterocycles. The standard InChI is InChI=1S/C18H23NO/c1-14(2)18(19-3)16-9-11-17(12-10-16)20-13-15-7-5-4-6-8-15/h4-12,14,18-19H,13H2,1-3H3/t18-/m1/s1. The first-order chi connectivity index (χ1) is 9.70. The molecule has 0 aliphatic rings. The second-order valence-corrected chi connectivity index (χ2v) is 5.35. The third-order valence-corrected chi connectivity index (χ3v) is 3.47. The monoisotopic (exact) mass is 269 g/mol. The minimum atomic E-state index is 0.387. The molecule has 2 heteroatoms. The number of rotatable bonds is 6. The molecule has 2 aromatic carbocycles. The van der Waals surface area contributed by atoms with Crippen LogP contribution in [0.1, 0.15) is 31.0 Å². The predicted molar refractivity (Wildman–Crippen MR) is 83.9 cm³/mol. The molecule has 0 heterocycles. The van der Waals surface area contributed by atoms with Crippen LogP contribution in [0.15, 0.2) is 54.6 Å². The van der Waals surface area contributed by atoms with Crippen molar-refractivity contribution in [3.05, 3.63) is 65.7 Å². The van der Waals surface area contributed by atoms with E-state index in [-0.39, 0.29) is 0 Å². The van der Waals surface area contributed by atoms with Crippen LogP contribution in [0.2, 0.25) is 0 Å². The first-order valence-corrected chi connectivity index (χ1v) is 7.14. The van der Waals surface area contributed by atoms with Crippen molar-refractivity contribution in [2.45, 2.75) is 26.5 Å². The number of hydrogen-bond donors (Lipinski definition) is 1. The number of ether oxygens (including phenoxy) is 1. The van der Waals surface area contributed by atoms with Crippen LogP contribution in [-0.2, 0) is 6.61 Å². The van der Waals surface area contributed by atoms with Crippen LogP contribution >= 0.6 is 0 Å². The minimum Gasteiger partial charge on any atom is -0.489 e. The van der Waals surface area contributed by atoms with Gasteiger partial charge >= 0.3 is 0 Å². The summed E-state index contributed by atoms with van der Waals surface area (Å²) in [5, 5.41) is 3.35. The lowest BCUT2D eigenvalue weighted by Gasteiger charge is -2.20. The van der Waals surface area contributed by atoms with E-state index in [0.717, 1.165) is 5.75 Å². The highest BCUT2D eigenvalue weighted by Gasteiger charge is 2.12. The molecule has 0 saturated heterocycles. The summed E-state index contributed by atoms with van der Waals surface area (Å²) in [6.07, 6.45) is 0. The molecule has 20 heavy (non-hydrogen) atoms. The zero-order valence-electron chi connectivity index (χ0n) is 12.5. The van der Waals surface area contributed by atoms with Gasteiger partial charge in [0.05, 0.1) is 0 Å². The Morgan fingerprint density at radius 3 is 2.15 bits per heavy atom. The van der Waals surface area contributed by atoms with E-state index in [1.165, 1.54) is 11.1 Å². The molecule has 0 saturated carbocycles. The zero-order valence-corrected chi connectivity index (χ0v) is 12.5. The van der Waals surface area contributed by atoms with Crippen molar-refractivity contribution in [1.29, 1.82) is 0 Å². The normalized spacial score (nSPS) is 12.4. The van der Waals surface area contributed by atoms with Crippen molar-refractivity contribution in [2.75, 3.05) is 7.05 Å². The van der Waals surface area contributed by atoms with Gasteiger partial charge in [0.15, 0.2) is 0 Å². The largest absolute Gasteiger partial charge is 0.489 e. The highest BCUT2D eigenvalue weighted by Crippen LogP contribution is 2.23. The first-order valence-electron chi connectivity index (χ1n) is 7.14. The zero-order chi connectivity index (χ0) is 14.4. The molecule has 2 rings (SSSR count). The van der Waals surface area contributed by atoms with Gasteiger partial charge in [0, 0.05) is 6.04 Å². The fourth-order valence-corrected chi connectivity index (χ4v) is 2.40. The van der Waals surface area contributed by atoms with Crippen LogP contribution in [0, 0.1) is 5.92 Å². The molecule has 2 nitrogen and oxygen atoms in total. The van der Waals surface area contributed by atoms with Crippen molar-refractivity contribution in [3.8, 4) is 5.75 Å². The molecular formula is C18H23NO. The summed E-state index contributed by atoms with van der Waals surface area (Å²) in [4.78, 5) is 0. The molecule has 106 valence electrons. The Labute approximate surface area is 121 Å². The fourth-order valence-electron chi connectivity index (χ4n) is 2.40. The van der Waals surface area contributed by atoms with Crippen LogP contribution in [0.25, 0.3) is 0 Å². The van der Waals surface area contributed by atoms with Crippen molar-refractivity contribution in [2.24, 2.45) is 5.92 Å². The van der Waals surface area contributed by atoms with Crippen LogP contribution < -0.4 is 10.1 Å². The summed E-state index contributed by atoms with van der Waals surface area (Å²) in [5.41, 5.74) is 2.49. The van der Waals surface area contributed by atoms with E-state index in [9.17, 15) is 0 Å². The molecule has 0 spiro atoms. The molecule has 0 radical (unpaired) electrons. The molecule has 0 bridgehead atoms. The summed E-state index contributed by atoms with van der Waals surface area (Å²) < 4.78 is 5.80. The van der Waals surface area contributed by atoms with E-state index >= 15 is 0 Å². The van der Waals surface area contributed by atoms with Crippen molar-refractivity contribution in [1.82, 2.24) is 5.32 Å². The minimum absolute atomic E-state index is 0.387. The second-order valence-electron chi connectivity index (χ2n) is 5.35. The van der Waals surface area contributed by atoms with Gasteiger partial charge in [0.2, 0.25) is 0 Å². The predicted octanol–water partition coefficient (Wildman–Crippen LogP) is 4.18. The molecule has 0 aliphatic heterocycles. The van der Waals surface area contributed by atoms with E-state index < -0.39 is 0 Å². The molecule has 0 fully saturated rings. The van der Waals surface area contributed by atoms with E-state index in [4.69, 9.17) is 4.74 Å². The van der Waals surface area contributed by atoms with Gasteiger partial charge in [-0.05, 0) is 36.2 Å². The molecular weight excluding hydrogens is 246 g/mol. The smallest absolute Gasteiger partial charge is 0.119 e. The van der Waals surface area contributed by atoms with Crippen LogP contribution in [0.4, 0.5) is 0 Å². The lowest BCUT2D eigenvalue weighted by Crippen LogP contribution is -2.21. The number of nitrogens with one attached hydrogen (secondary N) is 1. The highest BCUT2D eigenvalue weighted by molar-refractivity contribution is 5.29. The van der Waals surface area contributed by atoms with Gasteiger partial charge in [-0.15, -0.1) is 0 Å². The molecule has 0 unspecified atom stereocenters. The summed E-state index contributed by atoms with van der Waals surface area (Å²) >= 11 is 0. The van der Waals surface area contributed by atoms with E-state index in [1.807, 2.05) is 37.4 Å². The maximum atomic E-state index is 5.80. The average molecular weight is 269 g/mol. The van der Waals surface area contributed by atoms with Gasteiger partial charge in [0.25, 0.3) is 0 Å².